The van der Waals surface area contributed by atoms with Gasteiger partial charge in [-0.3, -0.25) is 14.9 Å². The van der Waals surface area contributed by atoms with Crippen molar-refractivity contribution >= 4 is 23.4 Å². The van der Waals surface area contributed by atoms with Crippen LogP contribution in [0.15, 0.2) is 48.5 Å². The summed E-state index contributed by atoms with van der Waals surface area (Å²) in [5, 5.41) is 13.2. The van der Waals surface area contributed by atoms with E-state index in [9.17, 15) is 14.9 Å². The Kier molecular flexibility index (Phi) is 6.11. The molecule has 0 aliphatic heterocycles. The van der Waals surface area contributed by atoms with Crippen LogP contribution in [0.2, 0.25) is 0 Å². The van der Waals surface area contributed by atoms with E-state index in [1.165, 1.54) is 30.3 Å². The minimum Gasteiger partial charge on any atom is -0.493 e. The molecule has 7 nitrogen and oxygen atoms in total. The maximum absolute atomic E-state index is 11.9. The number of benzene rings is 2. The van der Waals surface area contributed by atoms with Crippen LogP contribution in [0.5, 0.6) is 11.5 Å². The van der Waals surface area contributed by atoms with Crippen molar-refractivity contribution in [1.29, 1.82) is 0 Å². The van der Waals surface area contributed by atoms with Gasteiger partial charge >= 0.3 is 0 Å². The Balaban J connectivity index is 2.03. The number of nitrogens with one attached hydrogen (secondary N) is 1. The van der Waals surface area contributed by atoms with Crippen LogP contribution in [0.4, 0.5) is 11.4 Å². The van der Waals surface area contributed by atoms with E-state index >= 15 is 0 Å². The molecule has 0 aliphatic rings. The van der Waals surface area contributed by atoms with E-state index in [0.717, 1.165) is 5.56 Å². The van der Waals surface area contributed by atoms with Crippen LogP contribution in [-0.4, -0.2) is 24.5 Å². The predicted octanol–water partition coefficient (Wildman–Crippen LogP) is 3.65. The number of hydrogen-bond acceptors (Lipinski definition) is 5. The van der Waals surface area contributed by atoms with Gasteiger partial charge in [0.05, 0.1) is 18.6 Å². The lowest BCUT2D eigenvalue weighted by atomic mass is 10.2. The molecule has 0 saturated carbocycles. The summed E-state index contributed by atoms with van der Waals surface area (Å²) >= 11 is 0. The van der Waals surface area contributed by atoms with Crippen molar-refractivity contribution in [1.82, 2.24) is 0 Å². The van der Waals surface area contributed by atoms with Crippen molar-refractivity contribution in [2.75, 3.05) is 19.0 Å². The van der Waals surface area contributed by atoms with E-state index in [0.29, 0.717) is 23.8 Å². The molecule has 0 radical (unpaired) electrons. The van der Waals surface area contributed by atoms with Gasteiger partial charge in [0.2, 0.25) is 5.91 Å². The standard InChI is InChI=1S/C18H18N2O5/c1-3-25-16-10-4-13(12-17(16)24-2)5-11-18(21)19-14-6-8-15(9-7-14)20(22)23/h4-12H,3H2,1-2H3,(H,19,21)/b11-5+. The fourth-order valence-corrected chi connectivity index (χ4v) is 2.08. The molecule has 1 amide bonds. The lowest BCUT2D eigenvalue weighted by Crippen LogP contribution is -2.07. The first-order valence-electron chi connectivity index (χ1n) is 7.58. The smallest absolute Gasteiger partial charge is 0.269 e. The molecule has 0 saturated heterocycles. The molecule has 2 aromatic carbocycles. The number of rotatable bonds is 7. The summed E-state index contributed by atoms with van der Waals surface area (Å²) in [6, 6.07) is 11.0. The number of carbonyl (C=O) groups excluding carboxylic acids is 1. The molecule has 7 heteroatoms. The number of ether oxygens (including phenoxy) is 2. The average Bonchev–Trinajstić information content (AvgIpc) is 2.61. The summed E-state index contributed by atoms with van der Waals surface area (Å²) in [6.07, 6.45) is 3.01. The Morgan fingerprint density at radius 1 is 1.20 bits per heavy atom. The highest BCUT2D eigenvalue weighted by molar-refractivity contribution is 6.02. The fraction of sp³-hybridized carbons (Fsp3) is 0.167. The van der Waals surface area contributed by atoms with Crippen molar-refractivity contribution in [2.45, 2.75) is 6.92 Å². The molecular weight excluding hydrogens is 324 g/mol. The maximum atomic E-state index is 11.9. The molecule has 0 bridgehead atoms. The van der Waals surface area contributed by atoms with E-state index in [2.05, 4.69) is 5.32 Å². The lowest BCUT2D eigenvalue weighted by molar-refractivity contribution is -0.384. The largest absolute Gasteiger partial charge is 0.493 e. The molecule has 25 heavy (non-hydrogen) atoms. The van der Waals surface area contributed by atoms with E-state index in [1.807, 2.05) is 13.0 Å². The van der Waals surface area contributed by atoms with Crippen LogP contribution >= 0.6 is 0 Å². The number of nitro benzene ring substituents is 1. The van der Waals surface area contributed by atoms with Crippen LogP contribution < -0.4 is 14.8 Å². The van der Waals surface area contributed by atoms with Crippen LogP contribution in [0, 0.1) is 10.1 Å². The molecule has 130 valence electrons. The van der Waals surface area contributed by atoms with Gasteiger partial charge in [-0.25, -0.2) is 0 Å². The zero-order valence-corrected chi connectivity index (χ0v) is 13.9. The van der Waals surface area contributed by atoms with E-state index in [1.54, 1.807) is 25.3 Å². The minimum atomic E-state index is -0.495. The van der Waals surface area contributed by atoms with Gasteiger partial charge in [0.15, 0.2) is 11.5 Å². The molecule has 0 aromatic heterocycles. The Bertz CT molecular complexity index is 785. The van der Waals surface area contributed by atoms with Gasteiger partial charge in [0.25, 0.3) is 5.69 Å². The average molecular weight is 342 g/mol. The topological polar surface area (TPSA) is 90.7 Å². The van der Waals surface area contributed by atoms with Gasteiger partial charge in [0, 0.05) is 23.9 Å². The Hall–Kier alpha value is -3.35. The number of carbonyl (C=O) groups is 1. The summed E-state index contributed by atoms with van der Waals surface area (Å²) < 4.78 is 10.7. The van der Waals surface area contributed by atoms with Gasteiger partial charge in [-0.15, -0.1) is 0 Å². The van der Waals surface area contributed by atoms with Gasteiger partial charge in [0.1, 0.15) is 0 Å². The second-order valence-corrected chi connectivity index (χ2v) is 4.97. The van der Waals surface area contributed by atoms with Crippen LogP contribution in [0.1, 0.15) is 12.5 Å². The summed E-state index contributed by atoms with van der Waals surface area (Å²) in [4.78, 5) is 22.0. The third-order valence-electron chi connectivity index (χ3n) is 3.26. The minimum absolute atomic E-state index is 0.0324. The quantitative estimate of drug-likeness (QED) is 0.471. The zero-order valence-electron chi connectivity index (χ0n) is 13.9. The Morgan fingerprint density at radius 2 is 1.92 bits per heavy atom. The van der Waals surface area contributed by atoms with E-state index in [-0.39, 0.29) is 11.6 Å². The van der Waals surface area contributed by atoms with Crippen LogP contribution in [0.25, 0.3) is 6.08 Å². The van der Waals surface area contributed by atoms with Crippen LogP contribution in [-0.2, 0) is 4.79 Å². The molecule has 2 rings (SSSR count). The molecule has 0 spiro atoms. The maximum Gasteiger partial charge on any atom is 0.269 e. The van der Waals surface area contributed by atoms with Crippen molar-refractivity contribution in [3.8, 4) is 11.5 Å². The summed E-state index contributed by atoms with van der Waals surface area (Å²) in [5.74, 6) is 0.874. The number of anilines is 1. The first kappa shape index (κ1) is 18.0. The summed E-state index contributed by atoms with van der Waals surface area (Å²) in [5.41, 5.74) is 1.22. The number of methoxy groups -OCH3 is 1. The van der Waals surface area contributed by atoms with Gasteiger partial charge in [-0.1, -0.05) is 6.07 Å². The van der Waals surface area contributed by atoms with Gasteiger partial charge < -0.3 is 14.8 Å². The van der Waals surface area contributed by atoms with Crippen molar-refractivity contribution in [3.63, 3.8) is 0 Å². The number of nitrogens with zero attached hydrogens (tertiary/aromatic N) is 1. The lowest BCUT2D eigenvalue weighted by Gasteiger charge is -2.09. The number of hydrogen-bond donors (Lipinski definition) is 1. The molecule has 2 aromatic rings. The fourth-order valence-electron chi connectivity index (χ4n) is 2.08. The predicted molar refractivity (Wildman–Crippen MR) is 94.9 cm³/mol. The third kappa shape index (κ3) is 5.07. The summed E-state index contributed by atoms with van der Waals surface area (Å²) in [7, 11) is 1.55. The molecule has 1 N–H and O–H groups in total. The third-order valence-corrected chi connectivity index (χ3v) is 3.26. The zero-order chi connectivity index (χ0) is 18.2. The summed E-state index contributed by atoms with van der Waals surface area (Å²) in [6.45, 7) is 2.42. The number of amides is 1. The number of non-ortho nitro benzene ring substituents is 1. The second kappa shape index (κ2) is 8.49. The molecule has 0 unspecified atom stereocenters. The Morgan fingerprint density at radius 3 is 2.52 bits per heavy atom. The SMILES string of the molecule is CCOc1ccc(/C=C/C(=O)Nc2ccc([N+](=O)[O-])cc2)cc1OC. The normalized spacial score (nSPS) is 10.5. The van der Waals surface area contributed by atoms with Gasteiger partial charge in [-0.05, 0) is 42.8 Å². The van der Waals surface area contributed by atoms with E-state index in [4.69, 9.17) is 9.47 Å². The highest BCUT2D eigenvalue weighted by Gasteiger charge is 2.06. The molecule has 0 heterocycles. The highest BCUT2D eigenvalue weighted by Crippen LogP contribution is 2.28. The molecular formula is C18H18N2O5. The Labute approximate surface area is 145 Å². The van der Waals surface area contributed by atoms with Crippen molar-refractivity contribution in [2.24, 2.45) is 0 Å². The van der Waals surface area contributed by atoms with Crippen molar-refractivity contribution < 1.29 is 19.2 Å². The second-order valence-electron chi connectivity index (χ2n) is 4.97. The first-order valence-corrected chi connectivity index (χ1v) is 7.58. The van der Waals surface area contributed by atoms with Crippen molar-refractivity contribution in [3.05, 3.63) is 64.2 Å². The number of nitro groups is 1. The first-order chi connectivity index (χ1) is 12.0. The highest BCUT2D eigenvalue weighted by atomic mass is 16.6. The molecule has 0 aliphatic carbocycles. The van der Waals surface area contributed by atoms with Gasteiger partial charge in [-0.2, -0.15) is 0 Å². The molecule has 0 atom stereocenters. The monoisotopic (exact) mass is 342 g/mol. The molecule has 0 fully saturated rings. The van der Waals surface area contributed by atoms with E-state index < -0.39 is 4.92 Å². The van der Waals surface area contributed by atoms with Crippen LogP contribution in [0.3, 0.4) is 0 Å².